The van der Waals surface area contributed by atoms with Crippen molar-refractivity contribution in [3.63, 3.8) is 0 Å². The fourth-order valence-corrected chi connectivity index (χ4v) is 1.15. The van der Waals surface area contributed by atoms with Crippen LogP contribution in [0, 0.1) is 0 Å². The molecular formula is C8H10BrClO. The SMILES string of the molecule is CC.Oc1ccc(Br)cc1Cl. The van der Waals surface area contributed by atoms with Crippen LogP contribution in [0.5, 0.6) is 5.75 Å². The summed E-state index contributed by atoms with van der Waals surface area (Å²) in [5.41, 5.74) is 0. The molecule has 0 atom stereocenters. The maximum absolute atomic E-state index is 8.89. The number of phenolic OH excluding ortho intramolecular Hbond substituents is 1. The Balaban J connectivity index is 0.000000461. The number of hydrogen-bond acceptors (Lipinski definition) is 1. The Labute approximate surface area is 80.1 Å². The van der Waals surface area contributed by atoms with Gasteiger partial charge in [0.05, 0.1) is 5.02 Å². The monoisotopic (exact) mass is 236 g/mol. The number of hydrogen-bond donors (Lipinski definition) is 1. The van der Waals surface area contributed by atoms with Crippen molar-refractivity contribution in [1.29, 1.82) is 0 Å². The van der Waals surface area contributed by atoms with Crippen LogP contribution < -0.4 is 0 Å². The molecule has 1 aromatic rings. The van der Waals surface area contributed by atoms with E-state index in [2.05, 4.69) is 15.9 Å². The van der Waals surface area contributed by atoms with Crippen molar-refractivity contribution in [2.75, 3.05) is 0 Å². The average molecular weight is 238 g/mol. The standard InChI is InChI=1S/C6H4BrClO.C2H6/c7-4-1-2-6(9)5(8)3-4;1-2/h1-3,9H;1-2H3. The Hall–Kier alpha value is -0.210. The van der Waals surface area contributed by atoms with Gasteiger partial charge in [0.2, 0.25) is 0 Å². The van der Waals surface area contributed by atoms with E-state index in [1.807, 2.05) is 13.8 Å². The summed E-state index contributed by atoms with van der Waals surface area (Å²) in [6, 6.07) is 4.89. The lowest BCUT2D eigenvalue weighted by Crippen LogP contribution is -1.66. The zero-order valence-electron chi connectivity index (χ0n) is 6.44. The van der Waals surface area contributed by atoms with E-state index in [1.54, 1.807) is 12.1 Å². The molecule has 1 N–H and O–H groups in total. The smallest absolute Gasteiger partial charge is 0.134 e. The van der Waals surface area contributed by atoms with Gasteiger partial charge in [0, 0.05) is 4.47 Å². The first-order valence-electron chi connectivity index (χ1n) is 3.34. The van der Waals surface area contributed by atoms with Crippen molar-refractivity contribution in [2.24, 2.45) is 0 Å². The normalized spacial score (nSPS) is 8.36. The molecule has 0 spiro atoms. The van der Waals surface area contributed by atoms with Gasteiger partial charge in [-0.3, -0.25) is 0 Å². The molecule has 1 aromatic carbocycles. The lowest BCUT2D eigenvalue weighted by molar-refractivity contribution is 0.475. The molecule has 0 unspecified atom stereocenters. The van der Waals surface area contributed by atoms with Gasteiger partial charge >= 0.3 is 0 Å². The number of phenols is 1. The van der Waals surface area contributed by atoms with Crippen LogP contribution in [0.4, 0.5) is 0 Å². The van der Waals surface area contributed by atoms with Crippen molar-refractivity contribution in [3.05, 3.63) is 27.7 Å². The first-order chi connectivity index (χ1) is 5.20. The van der Waals surface area contributed by atoms with Crippen LogP contribution in [0.1, 0.15) is 13.8 Å². The third-order valence-corrected chi connectivity index (χ3v) is 1.71. The fraction of sp³-hybridized carbons (Fsp3) is 0.250. The van der Waals surface area contributed by atoms with E-state index in [0.29, 0.717) is 5.02 Å². The van der Waals surface area contributed by atoms with Gasteiger partial charge in [-0.1, -0.05) is 41.4 Å². The van der Waals surface area contributed by atoms with Crippen molar-refractivity contribution >= 4 is 27.5 Å². The van der Waals surface area contributed by atoms with Gasteiger partial charge in [-0.2, -0.15) is 0 Å². The van der Waals surface area contributed by atoms with Crippen LogP contribution in [0.3, 0.4) is 0 Å². The van der Waals surface area contributed by atoms with Gasteiger partial charge in [-0.15, -0.1) is 0 Å². The molecule has 11 heavy (non-hydrogen) atoms. The minimum Gasteiger partial charge on any atom is -0.506 e. The topological polar surface area (TPSA) is 20.2 Å². The Morgan fingerprint density at radius 2 is 1.91 bits per heavy atom. The lowest BCUT2D eigenvalue weighted by atomic mass is 10.3. The van der Waals surface area contributed by atoms with Gasteiger partial charge in [-0.25, -0.2) is 0 Å². The molecule has 0 amide bonds. The summed E-state index contributed by atoms with van der Waals surface area (Å²) in [6.45, 7) is 4.00. The molecule has 3 heteroatoms. The third kappa shape index (κ3) is 3.63. The highest BCUT2D eigenvalue weighted by Crippen LogP contribution is 2.25. The van der Waals surface area contributed by atoms with Crippen LogP contribution in [-0.2, 0) is 0 Å². The molecule has 62 valence electrons. The Morgan fingerprint density at radius 1 is 1.36 bits per heavy atom. The molecule has 0 heterocycles. The van der Waals surface area contributed by atoms with E-state index in [-0.39, 0.29) is 5.75 Å². The van der Waals surface area contributed by atoms with Crippen LogP contribution in [0.25, 0.3) is 0 Å². The van der Waals surface area contributed by atoms with Crippen molar-refractivity contribution in [1.82, 2.24) is 0 Å². The predicted octanol–water partition coefficient (Wildman–Crippen LogP) is 3.83. The second-order valence-electron chi connectivity index (χ2n) is 1.60. The molecule has 0 saturated heterocycles. The van der Waals surface area contributed by atoms with Crippen LogP contribution in [-0.4, -0.2) is 5.11 Å². The predicted molar refractivity (Wildman–Crippen MR) is 52.2 cm³/mol. The minimum absolute atomic E-state index is 0.111. The van der Waals surface area contributed by atoms with Crippen LogP contribution in [0.15, 0.2) is 22.7 Å². The van der Waals surface area contributed by atoms with Gasteiger partial charge in [0.1, 0.15) is 5.75 Å². The van der Waals surface area contributed by atoms with E-state index < -0.39 is 0 Å². The largest absolute Gasteiger partial charge is 0.506 e. The first-order valence-corrected chi connectivity index (χ1v) is 4.51. The van der Waals surface area contributed by atoms with Crippen molar-refractivity contribution < 1.29 is 5.11 Å². The summed E-state index contributed by atoms with van der Waals surface area (Å²) in [5, 5.41) is 9.26. The van der Waals surface area contributed by atoms with E-state index in [9.17, 15) is 0 Å². The Bertz CT molecular complexity index is 225. The molecule has 0 fully saturated rings. The van der Waals surface area contributed by atoms with Gasteiger partial charge in [0.25, 0.3) is 0 Å². The molecule has 0 aliphatic heterocycles. The van der Waals surface area contributed by atoms with Crippen LogP contribution in [0.2, 0.25) is 5.02 Å². The number of rotatable bonds is 0. The molecule has 1 rings (SSSR count). The Kier molecular flexibility index (Phi) is 5.34. The maximum atomic E-state index is 8.89. The average Bonchev–Trinajstić information content (AvgIpc) is 2.02. The summed E-state index contributed by atoms with van der Waals surface area (Å²) >= 11 is 8.73. The number of benzene rings is 1. The van der Waals surface area contributed by atoms with Crippen molar-refractivity contribution in [3.8, 4) is 5.75 Å². The molecule has 0 aliphatic rings. The molecule has 1 nitrogen and oxygen atoms in total. The molecule has 0 radical (unpaired) electrons. The zero-order valence-corrected chi connectivity index (χ0v) is 8.78. The number of aromatic hydroxyl groups is 1. The summed E-state index contributed by atoms with van der Waals surface area (Å²) in [7, 11) is 0. The minimum atomic E-state index is 0.111. The third-order valence-electron chi connectivity index (χ3n) is 0.910. The quantitative estimate of drug-likeness (QED) is 0.727. The van der Waals surface area contributed by atoms with E-state index >= 15 is 0 Å². The molecular weight excluding hydrogens is 227 g/mol. The summed E-state index contributed by atoms with van der Waals surface area (Å²) in [6.07, 6.45) is 0. The second kappa shape index (κ2) is 5.44. The number of halogens is 2. The highest BCUT2D eigenvalue weighted by Gasteiger charge is 1.95. The van der Waals surface area contributed by atoms with E-state index in [1.165, 1.54) is 6.07 Å². The van der Waals surface area contributed by atoms with Gasteiger partial charge < -0.3 is 5.11 Å². The molecule has 0 aromatic heterocycles. The highest BCUT2D eigenvalue weighted by atomic mass is 79.9. The van der Waals surface area contributed by atoms with Crippen LogP contribution >= 0.6 is 27.5 Å². The summed E-state index contributed by atoms with van der Waals surface area (Å²) in [5.74, 6) is 0.111. The maximum Gasteiger partial charge on any atom is 0.134 e. The van der Waals surface area contributed by atoms with E-state index in [4.69, 9.17) is 16.7 Å². The van der Waals surface area contributed by atoms with Crippen molar-refractivity contribution in [2.45, 2.75) is 13.8 Å². The lowest BCUT2D eigenvalue weighted by Gasteiger charge is -1.93. The Morgan fingerprint density at radius 3 is 2.27 bits per heavy atom. The second-order valence-corrected chi connectivity index (χ2v) is 2.92. The van der Waals surface area contributed by atoms with Gasteiger partial charge in [-0.05, 0) is 18.2 Å². The molecule has 0 aliphatic carbocycles. The highest BCUT2D eigenvalue weighted by molar-refractivity contribution is 9.10. The first kappa shape index (κ1) is 10.8. The fourth-order valence-electron chi connectivity index (χ4n) is 0.481. The molecule has 0 saturated carbocycles. The zero-order chi connectivity index (χ0) is 8.85. The van der Waals surface area contributed by atoms with Gasteiger partial charge in [0.15, 0.2) is 0 Å². The summed E-state index contributed by atoms with van der Waals surface area (Å²) < 4.78 is 0.866. The van der Waals surface area contributed by atoms with E-state index in [0.717, 1.165) is 4.47 Å². The summed E-state index contributed by atoms with van der Waals surface area (Å²) in [4.78, 5) is 0. The molecule has 0 bridgehead atoms.